The van der Waals surface area contributed by atoms with Gasteiger partial charge in [-0.3, -0.25) is 0 Å². The van der Waals surface area contributed by atoms with Gasteiger partial charge in [-0.1, -0.05) is 22.9 Å². The monoisotopic (exact) mass is 312 g/mol. The third-order valence-corrected chi connectivity index (χ3v) is 3.04. The Kier molecular flexibility index (Phi) is 4.49. The van der Waals surface area contributed by atoms with E-state index >= 15 is 0 Å². The maximum absolute atomic E-state index is 13.5. The van der Waals surface area contributed by atoms with Crippen molar-refractivity contribution < 1.29 is 8.81 Å². The van der Waals surface area contributed by atoms with Crippen molar-refractivity contribution in [1.29, 1.82) is 0 Å². The van der Waals surface area contributed by atoms with Crippen molar-refractivity contribution in [3.63, 3.8) is 0 Å². The van der Waals surface area contributed by atoms with Crippen LogP contribution in [0.5, 0.6) is 0 Å². The van der Waals surface area contributed by atoms with Gasteiger partial charge in [-0.15, -0.1) is 0 Å². The van der Waals surface area contributed by atoms with Gasteiger partial charge in [0, 0.05) is 23.0 Å². The van der Waals surface area contributed by atoms with Gasteiger partial charge in [0.25, 0.3) is 0 Å². The lowest BCUT2D eigenvalue weighted by Crippen LogP contribution is -2.13. The first-order valence-corrected chi connectivity index (χ1v) is 6.56. The Hall–Kier alpha value is -1.20. The molecule has 0 amide bonds. The second kappa shape index (κ2) is 6.11. The summed E-state index contributed by atoms with van der Waals surface area (Å²) >= 11 is 3.32. The number of hydrogen-bond acceptors (Lipinski definition) is 3. The molecule has 0 atom stereocenters. The van der Waals surface area contributed by atoms with Gasteiger partial charge < -0.3 is 9.73 Å². The van der Waals surface area contributed by atoms with E-state index in [1.165, 1.54) is 6.07 Å². The number of rotatable bonds is 5. The van der Waals surface area contributed by atoms with Crippen LogP contribution in [-0.2, 0) is 19.5 Å². The summed E-state index contributed by atoms with van der Waals surface area (Å²) in [6.07, 6.45) is 2.55. The molecule has 1 N–H and O–H groups in total. The second-order valence-corrected chi connectivity index (χ2v) is 4.83. The molecule has 0 unspecified atom stereocenters. The lowest BCUT2D eigenvalue weighted by molar-refractivity contribution is 0.437. The highest BCUT2D eigenvalue weighted by Crippen LogP contribution is 2.15. The normalized spacial score (nSPS) is 10.8. The summed E-state index contributed by atoms with van der Waals surface area (Å²) in [6.45, 7) is 2.94. The van der Waals surface area contributed by atoms with Crippen molar-refractivity contribution in [3.8, 4) is 0 Å². The van der Waals surface area contributed by atoms with Crippen LogP contribution in [0.15, 0.2) is 33.3 Å². The Bertz CT molecular complexity index is 527. The first-order chi connectivity index (χ1) is 8.69. The van der Waals surface area contributed by atoms with Crippen molar-refractivity contribution in [2.75, 3.05) is 0 Å². The molecule has 0 aliphatic carbocycles. The molecule has 0 bridgehead atoms. The van der Waals surface area contributed by atoms with Crippen LogP contribution in [0.2, 0.25) is 0 Å². The number of aromatic nitrogens is 1. The summed E-state index contributed by atoms with van der Waals surface area (Å²) in [5.41, 5.74) is 0.617. The molecule has 0 spiro atoms. The largest absolute Gasteiger partial charge is 0.444 e. The molecule has 5 heteroatoms. The molecule has 0 saturated carbocycles. The fourth-order valence-electron chi connectivity index (χ4n) is 1.58. The molecule has 0 aliphatic heterocycles. The van der Waals surface area contributed by atoms with Gasteiger partial charge in [-0.2, -0.15) is 0 Å². The predicted molar refractivity (Wildman–Crippen MR) is 70.5 cm³/mol. The molecule has 2 rings (SSSR count). The number of aryl methyl sites for hydroxylation is 1. The van der Waals surface area contributed by atoms with Crippen LogP contribution in [0.25, 0.3) is 0 Å². The molecule has 1 aromatic heterocycles. The summed E-state index contributed by atoms with van der Waals surface area (Å²) in [6, 6.07) is 4.89. The van der Waals surface area contributed by atoms with E-state index in [1.807, 2.05) is 6.92 Å². The number of benzene rings is 1. The highest BCUT2D eigenvalue weighted by atomic mass is 79.9. The minimum Gasteiger partial charge on any atom is -0.444 e. The summed E-state index contributed by atoms with van der Waals surface area (Å²) < 4.78 is 19.8. The Balaban J connectivity index is 1.90. The summed E-state index contributed by atoms with van der Waals surface area (Å²) in [5.74, 6) is 1.27. The standard InChI is InChI=1S/C13H14BrFN2O/c1-2-11-7-17-13(18-11)8-16-6-9-5-10(14)3-4-12(9)15/h3-5,7,16H,2,6,8H2,1H3. The molecule has 0 fully saturated rings. The number of halogens is 2. The van der Waals surface area contributed by atoms with Crippen LogP contribution in [0, 0.1) is 5.82 Å². The van der Waals surface area contributed by atoms with Crippen LogP contribution < -0.4 is 5.32 Å². The maximum atomic E-state index is 13.5. The fourth-order valence-corrected chi connectivity index (χ4v) is 1.98. The van der Waals surface area contributed by atoms with Crippen LogP contribution in [0.1, 0.15) is 24.1 Å². The Morgan fingerprint density at radius 2 is 2.22 bits per heavy atom. The zero-order valence-electron chi connectivity index (χ0n) is 10.0. The van der Waals surface area contributed by atoms with Gasteiger partial charge in [0.1, 0.15) is 11.6 Å². The molecule has 0 aliphatic rings. The van der Waals surface area contributed by atoms with Crippen LogP contribution in [0.3, 0.4) is 0 Å². The van der Waals surface area contributed by atoms with E-state index in [0.717, 1.165) is 16.7 Å². The molecule has 1 heterocycles. The average molecular weight is 313 g/mol. The molecule has 0 radical (unpaired) electrons. The van der Waals surface area contributed by atoms with Gasteiger partial charge in [0.05, 0.1) is 12.7 Å². The van der Waals surface area contributed by atoms with Crippen molar-refractivity contribution in [2.45, 2.75) is 26.4 Å². The van der Waals surface area contributed by atoms with E-state index < -0.39 is 0 Å². The fraction of sp³-hybridized carbons (Fsp3) is 0.308. The highest BCUT2D eigenvalue weighted by Gasteiger charge is 2.05. The first kappa shape index (κ1) is 13.2. The van der Waals surface area contributed by atoms with Crippen LogP contribution >= 0.6 is 15.9 Å². The molecular weight excluding hydrogens is 299 g/mol. The van der Waals surface area contributed by atoms with E-state index in [2.05, 4.69) is 26.2 Å². The predicted octanol–water partition coefficient (Wildman–Crippen LogP) is 3.43. The number of nitrogens with one attached hydrogen (secondary N) is 1. The van der Waals surface area contributed by atoms with Crippen molar-refractivity contribution in [2.24, 2.45) is 0 Å². The molecule has 96 valence electrons. The first-order valence-electron chi connectivity index (χ1n) is 5.77. The number of nitrogens with zero attached hydrogens (tertiary/aromatic N) is 1. The van der Waals surface area contributed by atoms with Gasteiger partial charge in [0.15, 0.2) is 0 Å². The third kappa shape index (κ3) is 3.40. The Labute approximate surface area is 114 Å². The lowest BCUT2D eigenvalue weighted by atomic mass is 10.2. The SMILES string of the molecule is CCc1cnc(CNCc2cc(Br)ccc2F)o1. The molecule has 3 nitrogen and oxygen atoms in total. The third-order valence-electron chi connectivity index (χ3n) is 2.55. The van der Waals surface area contributed by atoms with Crippen LogP contribution in [-0.4, -0.2) is 4.98 Å². The number of hydrogen-bond donors (Lipinski definition) is 1. The second-order valence-electron chi connectivity index (χ2n) is 3.91. The van der Waals surface area contributed by atoms with E-state index in [0.29, 0.717) is 24.5 Å². The minimum absolute atomic E-state index is 0.215. The summed E-state index contributed by atoms with van der Waals surface area (Å²) in [4.78, 5) is 4.13. The smallest absolute Gasteiger partial charge is 0.208 e. The maximum Gasteiger partial charge on any atom is 0.208 e. The van der Waals surface area contributed by atoms with E-state index in [9.17, 15) is 4.39 Å². The molecule has 2 aromatic rings. The molecular formula is C13H14BrFN2O. The zero-order valence-corrected chi connectivity index (χ0v) is 11.6. The van der Waals surface area contributed by atoms with Gasteiger partial charge in [0.2, 0.25) is 5.89 Å². The van der Waals surface area contributed by atoms with Gasteiger partial charge >= 0.3 is 0 Å². The van der Waals surface area contributed by atoms with E-state index in [-0.39, 0.29) is 5.82 Å². The average Bonchev–Trinajstić information content (AvgIpc) is 2.81. The molecule has 1 aromatic carbocycles. The number of oxazole rings is 1. The van der Waals surface area contributed by atoms with E-state index in [4.69, 9.17) is 4.42 Å². The molecule has 18 heavy (non-hydrogen) atoms. The summed E-state index contributed by atoms with van der Waals surface area (Å²) in [7, 11) is 0. The quantitative estimate of drug-likeness (QED) is 0.919. The van der Waals surface area contributed by atoms with Crippen LogP contribution in [0.4, 0.5) is 4.39 Å². The topological polar surface area (TPSA) is 38.1 Å². The minimum atomic E-state index is -0.215. The van der Waals surface area contributed by atoms with Crippen molar-refractivity contribution in [1.82, 2.24) is 10.3 Å². The van der Waals surface area contributed by atoms with Crippen molar-refractivity contribution >= 4 is 15.9 Å². The Morgan fingerprint density at radius 1 is 1.39 bits per heavy atom. The lowest BCUT2D eigenvalue weighted by Gasteiger charge is -2.04. The molecule has 0 saturated heterocycles. The van der Waals surface area contributed by atoms with Gasteiger partial charge in [-0.05, 0) is 18.2 Å². The highest BCUT2D eigenvalue weighted by molar-refractivity contribution is 9.10. The zero-order chi connectivity index (χ0) is 13.0. The van der Waals surface area contributed by atoms with E-state index in [1.54, 1.807) is 18.3 Å². The summed E-state index contributed by atoms with van der Waals surface area (Å²) in [5, 5.41) is 3.11. The Morgan fingerprint density at radius 3 is 2.94 bits per heavy atom. The van der Waals surface area contributed by atoms with Gasteiger partial charge in [-0.25, -0.2) is 9.37 Å². The van der Waals surface area contributed by atoms with Crippen molar-refractivity contribution in [3.05, 3.63) is 51.9 Å².